The number of benzene rings is 2. The van der Waals surface area contributed by atoms with Crippen molar-refractivity contribution in [3.05, 3.63) is 71.1 Å². The summed E-state index contributed by atoms with van der Waals surface area (Å²) in [6, 6.07) is 21.0. The number of hydrogen-bond acceptors (Lipinski definition) is 3. The summed E-state index contributed by atoms with van der Waals surface area (Å²) in [5.74, 6) is -0.981. The van der Waals surface area contributed by atoms with Crippen LogP contribution >= 0.6 is 11.3 Å². The molecule has 3 aromatic rings. The molecule has 0 radical (unpaired) electrons. The Balaban J connectivity index is 1.64. The molecule has 3 unspecified atom stereocenters. The number of likely N-dealkylation sites (tertiary alicyclic amines) is 1. The predicted octanol–water partition coefficient (Wildman–Crippen LogP) is 4.76. The van der Waals surface area contributed by atoms with Crippen LogP contribution in [0, 0.1) is 5.92 Å². The van der Waals surface area contributed by atoms with E-state index in [1.807, 2.05) is 30.3 Å². The van der Waals surface area contributed by atoms with Crippen molar-refractivity contribution in [1.82, 2.24) is 4.90 Å². The third-order valence-electron chi connectivity index (χ3n) is 5.31. The minimum atomic E-state index is -0.690. The van der Waals surface area contributed by atoms with E-state index < -0.39 is 5.97 Å². The minimum Gasteiger partial charge on any atom is -0.481 e. The second kappa shape index (κ2) is 6.62. The van der Waals surface area contributed by atoms with Crippen molar-refractivity contribution in [1.29, 1.82) is 0 Å². The van der Waals surface area contributed by atoms with Gasteiger partial charge in [-0.1, -0.05) is 48.5 Å². The van der Waals surface area contributed by atoms with E-state index in [-0.39, 0.29) is 17.9 Å². The van der Waals surface area contributed by atoms with Gasteiger partial charge in [0.25, 0.3) is 0 Å². The minimum absolute atomic E-state index is 0.0565. The van der Waals surface area contributed by atoms with Gasteiger partial charge in [-0.05, 0) is 30.0 Å². The van der Waals surface area contributed by atoms with Gasteiger partial charge in [0.15, 0.2) is 0 Å². The maximum absolute atomic E-state index is 11.9. The Morgan fingerprint density at radius 1 is 1.12 bits per heavy atom. The molecular weight excluding hydrogens is 330 g/mol. The average molecular weight is 351 g/mol. The normalized spacial score (nSPS) is 22.3. The molecule has 1 saturated heterocycles. The van der Waals surface area contributed by atoms with Crippen molar-refractivity contribution in [3.8, 4) is 0 Å². The fraction of sp³-hybridized carbons (Fsp3) is 0.286. The average Bonchev–Trinajstić information content (AvgIpc) is 3.26. The predicted molar refractivity (Wildman–Crippen MR) is 102 cm³/mol. The van der Waals surface area contributed by atoms with Crippen LogP contribution in [-0.4, -0.2) is 29.1 Å². The smallest absolute Gasteiger partial charge is 0.308 e. The number of fused-ring (bicyclic) bond motifs is 1. The highest BCUT2D eigenvalue weighted by Gasteiger charge is 2.41. The van der Waals surface area contributed by atoms with E-state index in [2.05, 4.69) is 42.2 Å². The SMILES string of the molecule is CC(c1ccccc1)N1CC(C(=O)O)C(c2cc3ccccc3s2)C1. The number of rotatable bonds is 4. The number of carboxylic acid groups (broad SMARTS) is 1. The molecule has 2 heterocycles. The molecule has 25 heavy (non-hydrogen) atoms. The summed E-state index contributed by atoms with van der Waals surface area (Å²) in [7, 11) is 0. The van der Waals surface area contributed by atoms with Crippen LogP contribution in [0.25, 0.3) is 10.1 Å². The van der Waals surface area contributed by atoms with Gasteiger partial charge in [0.1, 0.15) is 0 Å². The van der Waals surface area contributed by atoms with Gasteiger partial charge in [-0.15, -0.1) is 11.3 Å². The zero-order chi connectivity index (χ0) is 17.4. The van der Waals surface area contributed by atoms with E-state index in [4.69, 9.17) is 0 Å². The Hall–Kier alpha value is -2.17. The monoisotopic (exact) mass is 351 g/mol. The summed E-state index contributed by atoms with van der Waals surface area (Å²) in [6.45, 7) is 3.56. The molecule has 4 heteroatoms. The Morgan fingerprint density at radius 3 is 2.56 bits per heavy atom. The third-order valence-corrected chi connectivity index (χ3v) is 6.55. The van der Waals surface area contributed by atoms with Gasteiger partial charge in [-0.25, -0.2) is 0 Å². The van der Waals surface area contributed by atoms with Gasteiger partial charge in [0, 0.05) is 34.6 Å². The summed E-state index contributed by atoms with van der Waals surface area (Å²) in [4.78, 5) is 15.4. The van der Waals surface area contributed by atoms with Crippen LogP contribution in [0.15, 0.2) is 60.7 Å². The Bertz CT molecular complexity index is 856. The number of nitrogens with zero attached hydrogens (tertiary/aromatic N) is 1. The van der Waals surface area contributed by atoms with Crippen LogP contribution in [0.2, 0.25) is 0 Å². The summed E-state index contributed by atoms with van der Waals surface area (Å²) >= 11 is 1.74. The molecule has 1 aromatic heterocycles. The quantitative estimate of drug-likeness (QED) is 0.736. The molecule has 3 nitrogen and oxygen atoms in total. The fourth-order valence-electron chi connectivity index (χ4n) is 3.82. The maximum atomic E-state index is 11.9. The molecule has 0 spiro atoms. The van der Waals surface area contributed by atoms with E-state index in [1.54, 1.807) is 11.3 Å². The molecule has 1 aliphatic rings. The van der Waals surface area contributed by atoms with Gasteiger partial charge in [-0.3, -0.25) is 9.69 Å². The zero-order valence-electron chi connectivity index (χ0n) is 14.1. The number of carboxylic acids is 1. The van der Waals surface area contributed by atoms with Gasteiger partial charge < -0.3 is 5.11 Å². The molecule has 1 aliphatic heterocycles. The van der Waals surface area contributed by atoms with Gasteiger partial charge in [-0.2, -0.15) is 0 Å². The Kier molecular flexibility index (Phi) is 4.32. The van der Waals surface area contributed by atoms with Gasteiger partial charge in [0.2, 0.25) is 0 Å². The van der Waals surface area contributed by atoms with Crippen molar-refractivity contribution in [3.63, 3.8) is 0 Å². The highest BCUT2D eigenvalue weighted by molar-refractivity contribution is 7.19. The summed E-state index contributed by atoms with van der Waals surface area (Å²) in [5, 5.41) is 11.0. The van der Waals surface area contributed by atoms with Gasteiger partial charge >= 0.3 is 5.97 Å². The summed E-state index contributed by atoms with van der Waals surface area (Å²) in [5.41, 5.74) is 1.24. The van der Waals surface area contributed by atoms with E-state index in [0.717, 1.165) is 6.54 Å². The second-order valence-electron chi connectivity index (χ2n) is 6.78. The first-order valence-corrected chi connectivity index (χ1v) is 9.45. The number of hydrogen-bond donors (Lipinski definition) is 1. The van der Waals surface area contributed by atoms with Crippen LogP contribution in [-0.2, 0) is 4.79 Å². The molecule has 0 saturated carbocycles. The lowest BCUT2D eigenvalue weighted by molar-refractivity contribution is -0.141. The standard InChI is InChI=1S/C21H21NO2S/c1-14(15-7-3-2-4-8-15)22-12-17(18(13-22)21(23)24)20-11-16-9-5-6-10-19(16)25-20/h2-11,14,17-18H,12-13H2,1H3,(H,23,24). The molecule has 1 N–H and O–H groups in total. The first-order chi connectivity index (χ1) is 12.1. The topological polar surface area (TPSA) is 40.5 Å². The molecule has 2 aromatic carbocycles. The van der Waals surface area contributed by atoms with Gasteiger partial charge in [0.05, 0.1) is 5.92 Å². The van der Waals surface area contributed by atoms with Crippen LogP contribution in [0.4, 0.5) is 0 Å². The van der Waals surface area contributed by atoms with E-state index >= 15 is 0 Å². The van der Waals surface area contributed by atoms with E-state index in [1.165, 1.54) is 20.5 Å². The lowest BCUT2D eigenvalue weighted by Crippen LogP contribution is -2.26. The molecular formula is C21H21NO2S. The van der Waals surface area contributed by atoms with Crippen LogP contribution in [0.5, 0.6) is 0 Å². The Morgan fingerprint density at radius 2 is 1.84 bits per heavy atom. The van der Waals surface area contributed by atoms with Crippen molar-refractivity contribution >= 4 is 27.4 Å². The molecule has 4 rings (SSSR count). The summed E-state index contributed by atoms with van der Waals surface area (Å²) < 4.78 is 1.23. The van der Waals surface area contributed by atoms with E-state index in [0.29, 0.717) is 6.54 Å². The number of aliphatic carboxylic acids is 1. The largest absolute Gasteiger partial charge is 0.481 e. The first-order valence-electron chi connectivity index (χ1n) is 8.64. The molecule has 0 amide bonds. The second-order valence-corrected chi connectivity index (χ2v) is 7.89. The van der Waals surface area contributed by atoms with Crippen LogP contribution in [0.3, 0.4) is 0 Å². The maximum Gasteiger partial charge on any atom is 0.308 e. The highest BCUT2D eigenvalue weighted by Crippen LogP contribution is 2.41. The van der Waals surface area contributed by atoms with Crippen molar-refractivity contribution in [2.45, 2.75) is 18.9 Å². The number of thiophene rings is 1. The molecule has 0 bridgehead atoms. The summed E-state index contributed by atoms with van der Waals surface area (Å²) in [6.07, 6.45) is 0. The van der Waals surface area contributed by atoms with Crippen LogP contribution < -0.4 is 0 Å². The van der Waals surface area contributed by atoms with Crippen molar-refractivity contribution < 1.29 is 9.90 Å². The lowest BCUT2D eigenvalue weighted by atomic mass is 9.94. The third kappa shape index (κ3) is 3.08. The number of carbonyl (C=O) groups is 1. The van der Waals surface area contributed by atoms with Crippen molar-refractivity contribution in [2.75, 3.05) is 13.1 Å². The Labute approximate surface area is 151 Å². The molecule has 0 aliphatic carbocycles. The van der Waals surface area contributed by atoms with Crippen LogP contribution in [0.1, 0.15) is 29.3 Å². The molecule has 128 valence electrons. The first kappa shape index (κ1) is 16.3. The molecule has 1 fully saturated rings. The lowest BCUT2D eigenvalue weighted by Gasteiger charge is -2.24. The van der Waals surface area contributed by atoms with Crippen molar-refractivity contribution in [2.24, 2.45) is 5.92 Å². The molecule has 3 atom stereocenters. The zero-order valence-corrected chi connectivity index (χ0v) is 14.9. The fourth-order valence-corrected chi connectivity index (χ4v) is 5.04. The highest BCUT2D eigenvalue weighted by atomic mass is 32.1. The van der Waals surface area contributed by atoms with E-state index in [9.17, 15) is 9.90 Å².